The minimum Gasteiger partial charge on any atom is -0.326 e. The fraction of sp³-hybridized carbons (Fsp3) is 0.357. The van der Waals surface area contributed by atoms with Crippen molar-refractivity contribution >= 4 is 17.3 Å². The zero-order valence-corrected chi connectivity index (χ0v) is 10.8. The maximum Gasteiger partial charge on any atom is 0.271 e. The number of carbonyl (C=O) groups excluding carboxylic acids is 1. The van der Waals surface area contributed by atoms with Crippen molar-refractivity contribution in [1.29, 1.82) is 0 Å². The fourth-order valence-electron chi connectivity index (χ4n) is 2.16. The van der Waals surface area contributed by atoms with E-state index < -0.39 is 4.92 Å². The minimum atomic E-state index is -0.463. The lowest BCUT2D eigenvalue weighted by Gasteiger charge is -2.10. The van der Waals surface area contributed by atoms with Crippen LogP contribution in [0.3, 0.4) is 0 Å². The number of aryl methyl sites for hydroxylation is 1. The Morgan fingerprint density at radius 3 is 2.95 bits per heavy atom. The van der Waals surface area contributed by atoms with Gasteiger partial charge in [0.2, 0.25) is 5.91 Å². The summed E-state index contributed by atoms with van der Waals surface area (Å²) in [7, 11) is 0. The summed E-state index contributed by atoms with van der Waals surface area (Å²) >= 11 is 0. The third kappa shape index (κ3) is 3.40. The predicted molar refractivity (Wildman–Crippen MR) is 72.9 cm³/mol. The molecule has 0 bridgehead atoms. The molecule has 0 saturated heterocycles. The number of hydrogen-bond donors (Lipinski definition) is 1. The lowest BCUT2D eigenvalue weighted by molar-refractivity contribution is -0.384. The van der Waals surface area contributed by atoms with Gasteiger partial charge in [0.05, 0.1) is 10.6 Å². The molecule has 19 heavy (non-hydrogen) atoms. The maximum absolute atomic E-state index is 11.9. The van der Waals surface area contributed by atoms with Crippen molar-refractivity contribution in [2.24, 2.45) is 5.92 Å². The van der Waals surface area contributed by atoms with Gasteiger partial charge in [0, 0.05) is 18.6 Å². The van der Waals surface area contributed by atoms with Crippen LogP contribution in [-0.2, 0) is 4.79 Å². The van der Waals surface area contributed by atoms with Crippen LogP contribution in [0.2, 0.25) is 0 Å². The second-order valence-corrected chi connectivity index (χ2v) is 4.77. The van der Waals surface area contributed by atoms with Crippen molar-refractivity contribution in [2.45, 2.75) is 26.2 Å². The Labute approximate surface area is 111 Å². The molecule has 100 valence electrons. The molecule has 0 heterocycles. The highest BCUT2D eigenvalue weighted by atomic mass is 16.6. The first-order valence-electron chi connectivity index (χ1n) is 6.28. The van der Waals surface area contributed by atoms with E-state index in [0.717, 1.165) is 18.4 Å². The van der Waals surface area contributed by atoms with Gasteiger partial charge in [0.25, 0.3) is 5.69 Å². The number of nitro benzene ring substituents is 1. The molecule has 1 N–H and O–H groups in total. The van der Waals surface area contributed by atoms with E-state index in [-0.39, 0.29) is 11.6 Å². The van der Waals surface area contributed by atoms with E-state index in [1.165, 1.54) is 12.1 Å². The van der Waals surface area contributed by atoms with Gasteiger partial charge in [-0.1, -0.05) is 18.2 Å². The first kappa shape index (κ1) is 13.3. The predicted octanol–water partition coefficient (Wildman–Crippen LogP) is 3.20. The third-order valence-corrected chi connectivity index (χ3v) is 3.27. The normalized spacial score (nSPS) is 17.4. The Bertz CT molecular complexity index is 537. The molecule has 1 unspecified atom stereocenters. The van der Waals surface area contributed by atoms with Crippen molar-refractivity contribution in [1.82, 2.24) is 0 Å². The average molecular weight is 260 g/mol. The van der Waals surface area contributed by atoms with E-state index in [4.69, 9.17) is 0 Å². The molecule has 0 radical (unpaired) electrons. The second kappa shape index (κ2) is 5.65. The number of non-ortho nitro benzene ring substituents is 1. The van der Waals surface area contributed by atoms with Crippen LogP contribution in [0.1, 0.15) is 24.8 Å². The summed E-state index contributed by atoms with van der Waals surface area (Å²) in [6, 6.07) is 4.48. The summed E-state index contributed by atoms with van der Waals surface area (Å²) in [5.74, 6) is 0.194. The lowest BCUT2D eigenvalue weighted by Crippen LogP contribution is -2.15. The molecule has 1 aliphatic rings. The monoisotopic (exact) mass is 260 g/mol. The van der Waals surface area contributed by atoms with Crippen LogP contribution in [-0.4, -0.2) is 10.8 Å². The summed E-state index contributed by atoms with van der Waals surface area (Å²) < 4.78 is 0. The average Bonchev–Trinajstić information content (AvgIpc) is 2.84. The van der Waals surface area contributed by atoms with Gasteiger partial charge >= 0.3 is 0 Å². The third-order valence-electron chi connectivity index (χ3n) is 3.27. The largest absolute Gasteiger partial charge is 0.326 e. The molecular weight excluding hydrogens is 244 g/mol. The van der Waals surface area contributed by atoms with E-state index in [1.54, 1.807) is 6.07 Å². The van der Waals surface area contributed by atoms with Gasteiger partial charge in [-0.3, -0.25) is 14.9 Å². The zero-order valence-electron chi connectivity index (χ0n) is 10.8. The topological polar surface area (TPSA) is 72.2 Å². The Morgan fingerprint density at radius 1 is 1.53 bits per heavy atom. The number of hydrogen-bond acceptors (Lipinski definition) is 3. The highest BCUT2D eigenvalue weighted by molar-refractivity contribution is 5.92. The maximum atomic E-state index is 11.9. The van der Waals surface area contributed by atoms with Gasteiger partial charge < -0.3 is 5.32 Å². The number of nitro groups is 1. The molecule has 5 heteroatoms. The molecule has 1 atom stereocenters. The van der Waals surface area contributed by atoms with Gasteiger partial charge in [0.1, 0.15) is 0 Å². The Kier molecular flexibility index (Phi) is 3.94. The molecule has 0 aliphatic heterocycles. The molecule has 0 fully saturated rings. The quantitative estimate of drug-likeness (QED) is 0.513. The van der Waals surface area contributed by atoms with E-state index >= 15 is 0 Å². The van der Waals surface area contributed by atoms with E-state index in [9.17, 15) is 14.9 Å². The van der Waals surface area contributed by atoms with Gasteiger partial charge in [-0.15, -0.1) is 0 Å². The standard InChI is InChI=1S/C14H16N2O3/c1-10-6-7-12(16(18)19)9-13(10)15-14(17)8-11-4-2-3-5-11/h2,4,6-7,9,11H,3,5,8H2,1H3,(H,15,17). The van der Waals surface area contributed by atoms with Crippen LogP contribution >= 0.6 is 0 Å². The van der Waals surface area contributed by atoms with Crippen LogP contribution < -0.4 is 5.32 Å². The molecule has 0 saturated carbocycles. The van der Waals surface area contributed by atoms with Crippen LogP contribution in [0.15, 0.2) is 30.4 Å². The highest BCUT2D eigenvalue weighted by Gasteiger charge is 2.16. The van der Waals surface area contributed by atoms with Crippen LogP contribution in [0, 0.1) is 23.0 Å². The molecule has 0 spiro atoms. The van der Waals surface area contributed by atoms with Crippen molar-refractivity contribution in [3.8, 4) is 0 Å². The van der Waals surface area contributed by atoms with Gasteiger partial charge in [-0.05, 0) is 31.2 Å². The SMILES string of the molecule is Cc1ccc([N+](=O)[O-])cc1NC(=O)CC1C=CCC1. The first-order valence-corrected chi connectivity index (χ1v) is 6.28. The fourth-order valence-corrected chi connectivity index (χ4v) is 2.16. The second-order valence-electron chi connectivity index (χ2n) is 4.77. The summed E-state index contributed by atoms with van der Waals surface area (Å²) in [5, 5.41) is 13.5. The van der Waals surface area contributed by atoms with Crippen molar-refractivity contribution < 1.29 is 9.72 Å². The first-order chi connectivity index (χ1) is 9.06. The number of allylic oxidation sites excluding steroid dienone is 2. The molecule has 0 aromatic heterocycles. The molecule has 5 nitrogen and oxygen atoms in total. The van der Waals surface area contributed by atoms with E-state index in [2.05, 4.69) is 17.5 Å². The van der Waals surface area contributed by atoms with Gasteiger partial charge in [-0.2, -0.15) is 0 Å². The number of nitrogens with zero attached hydrogens (tertiary/aromatic N) is 1. The Hall–Kier alpha value is -2.17. The van der Waals surface area contributed by atoms with E-state index in [1.807, 2.05) is 6.92 Å². The summed E-state index contributed by atoms with van der Waals surface area (Å²) in [6.07, 6.45) is 6.59. The Morgan fingerprint density at radius 2 is 2.32 bits per heavy atom. The number of benzene rings is 1. The van der Waals surface area contributed by atoms with Crippen LogP contribution in [0.5, 0.6) is 0 Å². The number of carbonyl (C=O) groups is 1. The molecular formula is C14H16N2O3. The van der Waals surface area contributed by atoms with Crippen molar-refractivity contribution in [3.05, 3.63) is 46.0 Å². The summed E-state index contributed by atoms with van der Waals surface area (Å²) in [6.45, 7) is 1.81. The molecule has 1 aromatic carbocycles. The molecule has 1 aliphatic carbocycles. The molecule has 2 rings (SSSR count). The van der Waals surface area contributed by atoms with Gasteiger partial charge in [0.15, 0.2) is 0 Å². The van der Waals surface area contributed by atoms with Gasteiger partial charge in [-0.25, -0.2) is 0 Å². The summed E-state index contributed by atoms with van der Waals surface area (Å²) in [4.78, 5) is 22.1. The Balaban J connectivity index is 2.05. The number of nitrogens with one attached hydrogen (secondary N) is 1. The van der Waals surface area contributed by atoms with Crippen LogP contribution in [0.4, 0.5) is 11.4 Å². The summed E-state index contributed by atoms with van der Waals surface area (Å²) in [5.41, 5.74) is 1.32. The molecule has 1 aromatic rings. The van der Waals surface area contributed by atoms with E-state index in [0.29, 0.717) is 18.0 Å². The van der Waals surface area contributed by atoms with Crippen molar-refractivity contribution in [2.75, 3.05) is 5.32 Å². The smallest absolute Gasteiger partial charge is 0.271 e. The molecule has 1 amide bonds. The number of amides is 1. The number of rotatable bonds is 4. The highest BCUT2D eigenvalue weighted by Crippen LogP contribution is 2.24. The van der Waals surface area contributed by atoms with Crippen molar-refractivity contribution in [3.63, 3.8) is 0 Å². The zero-order chi connectivity index (χ0) is 13.8. The number of anilines is 1. The van der Waals surface area contributed by atoms with Crippen LogP contribution in [0.25, 0.3) is 0 Å². The minimum absolute atomic E-state index is 0.0123. The lowest BCUT2D eigenvalue weighted by atomic mass is 10.0.